The van der Waals surface area contributed by atoms with Crippen LogP contribution in [0.3, 0.4) is 0 Å². The molecule has 0 aromatic heterocycles. The topological polar surface area (TPSA) is 72.5 Å². The summed E-state index contributed by atoms with van der Waals surface area (Å²) in [7, 11) is 1.63. The number of methoxy groups -OCH3 is 1. The molecule has 0 saturated carbocycles. The Morgan fingerprint density at radius 2 is 2.06 bits per heavy atom. The fourth-order valence-corrected chi connectivity index (χ4v) is 1.96. The zero-order valence-corrected chi connectivity index (χ0v) is 10.4. The van der Waals surface area contributed by atoms with Crippen LogP contribution in [0.15, 0.2) is 24.3 Å². The molecule has 0 radical (unpaired) electrons. The molecule has 17 heavy (non-hydrogen) atoms. The van der Waals surface area contributed by atoms with Crippen LogP contribution in [0.25, 0.3) is 0 Å². The number of carboxylic acid groups (broad SMARTS) is 1. The fraction of sp³-hybridized carbons (Fsp3) is 0.462. The van der Waals surface area contributed by atoms with E-state index in [1.165, 1.54) is 0 Å². The minimum absolute atomic E-state index is 0.265. The summed E-state index contributed by atoms with van der Waals surface area (Å²) in [5.41, 5.74) is 6.98. The van der Waals surface area contributed by atoms with E-state index < -0.39 is 12.0 Å². The first-order valence-corrected chi connectivity index (χ1v) is 5.47. The van der Waals surface area contributed by atoms with Crippen LogP contribution in [0.1, 0.15) is 31.0 Å². The molecular weight excluding hydrogens is 218 g/mol. The van der Waals surface area contributed by atoms with Crippen molar-refractivity contribution in [3.8, 4) is 0 Å². The second-order valence-corrected chi connectivity index (χ2v) is 4.72. The molecule has 1 aromatic carbocycles. The van der Waals surface area contributed by atoms with E-state index >= 15 is 0 Å². The van der Waals surface area contributed by atoms with Gasteiger partial charge in [-0.15, -0.1) is 0 Å². The number of rotatable bonds is 5. The first-order chi connectivity index (χ1) is 7.90. The van der Waals surface area contributed by atoms with Crippen LogP contribution in [0, 0.1) is 0 Å². The molecule has 1 atom stereocenters. The van der Waals surface area contributed by atoms with Crippen LogP contribution < -0.4 is 5.73 Å². The molecule has 0 spiro atoms. The molecular formula is C13H19NO3. The van der Waals surface area contributed by atoms with Gasteiger partial charge in [-0.25, -0.2) is 0 Å². The number of hydrogen-bond acceptors (Lipinski definition) is 3. The molecule has 0 fully saturated rings. The highest BCUT2D eigenvalue weighted by atomic mass is 16.5. The summed E-state index contributed by atoms with van der Waals surface area (Å²) in [4.78, 5) is 11.0. The summed E-state index contributed by atoms with van der Waals surface area (Å²) in [6.07, 6.45) is 0. The highest BCUT2D eigenvalue weighted by Crippen LogP contribution is 2.29. The van der Waals surface area contributed by atoms with Crippen molar-refractivity contribution in [3.05, 3.63) is 35.4 Å². The SMILES string of the molecule is COCC(C)(C)c1ccccc1C(N)C(=O)O. The van der Waals surface area contributed by atoms with Gasteiger partial charge in [0.25, 0.3) is 0 Å². The van der Waals surface area contributed by atoms with E-state index in [0.717, 1.165) is 5.56 Å². The Hall–Kier alpha value is -1.39. The third-order valence-corrected chi connectivity index (χ3v) is 2.80. The maximum Gasteiger partial charge on any atom is 0.325 e. The van der Waals surface area contributed by atoms with Gasteiger partial charge in [0.05, 0.1) is 6.61 Å². The number of benzene rings is 1. The molecule has 4 nitrogen and oxygen atoms in total. The summed E-state index contributed by atoms with van der Waals surface area (Å²) >= 11 is 0. The van der Waals surface area contributed by atoms with E-state index in [2.05, 4.69) is 0 Å². The maximum atomic E-state index is 11.0. The molecule has 0 aliphatic carbocycles. The smallest absolute Gasteiger partial charge is 0.325 e. The fourth-order valence-electron chi connectivity index (χ4n) is 1.96. The molecule has 4 heteroatoms. The van der Waals surface area contributed by atoms with Gasteiger partial charge >= 0.3 is 5.97 Å². The van der Waals surface area contributed by atoms with Crippen molar-refractivity contribution in [1.29, 1.82) is 0 Å². The number of ether oxygens (including phenoxy) is 1. The van der Waals surface area contributed by atoms with Gasteiger partial charge in [0.1, 0.15) is 6.04 Å². The molecule has 0 saturated heterocycles. The van der Waals surface area contributed by atoms with Crippen LogP contribution in [0.5, 0.6) is 0 Å². The van der Waals surface area contributed by atoms with E-state index in [0.29, 0.717) is 12.2 Å². The van der Waals surface area contributed by atoms with Crippen LogP contribution in [0.4, 0.5) is 0 Å². The standard InChI is InChI=1S/C13H19NO3/c1-13(2,8-17-3)10-7-5-4-6-9(10)11(14)12(15)16/h4-7,11H,8,14H2,1-3H3,(H,15,16). The minimum Gasteiger partial charge on any atom is -0.480 e. The molecule has 1 aromatic rings. The van der Waals surface area contributed by atoms with Crippen molar-refractivity contribution in [2.24, 2.45) is 5.73 Å². The Bertz CT molecular complexity index is 401. The predicted molar refractivity (Wildman–Crippen MR) is 65.9 cm³/mol. The third-order valence-electron chi connectivity index (χ3n) is 2.80. The van der Waals surface area contributed by atoms with Crippen molar-refractivity contribution >= 4 is 5.97 Å². The van der Waals surface area contributed by atoms with Crippen molar-refractivity contribution in [3.63, 3.8) is 0 Å². The van der Waals surface area contributed by atoms with Gasteiger partial charge in [-0.1, -0.05) is 38.1 Å². The summed E-state index contributed by atoms with van der Waals surface area (Å²) in [5.74, 6) is -1.02. The number of aliphatic carboxylic acids is 1. The Morgan fingerprint density at radius 1 is 1.47 bits per heavy atom. The Kier molecular flexibility index (Phi) is 4.26. The quantitative estimate of drug-likeness (QED) is 0.817. The van der Waals surface area contributed by atoms with Crippen molar-refractivity contribution in [2.75, 3.05) is 13.7 Å². The minimum atomic E-state index is -1.02. The summed E-state index contributed by atoms with van der Waals surface area (Å²) in [5, 5.41) is 9.00. The van der Waals surface area contributed by atoms with Gasteiger partial charge < -0.3 is 15.6 Å². The molecule has 1 unspecified atom stereocenters. The lowest BCUT2D eigenvalue weighted by atomic mass is 9.81. The van der Waals surface area contributed by atoms with E-state index in [4.69, 9.17) is 15.6 Å². The van der Waals surface area contributed by atoms with Crippen LogP contribution in [-0.2, 0) is 14.9 Å². The average Bonchev–Trinajstić information content (AvgIpc) is 2.28. The van der Waals surface area contributed by atoms with E-state index in [1.807, 2.05) is 26.0 Å². The zero-order chi connectivity index (χ0) is 13.1. The monoisotopic (exact) mass is 237 g/mol. The molecule has 0 amide bonds. The highest BCUT2D eigenvalue weighted by molar-refractivity contribution is 5.76. The molecule has 0 aliphatic rings. The van der Waals surface area contributed by atoms with Gasteiger partial charge in [-0.3, -0.25) is 4.79 Å². The van der Waals surface area contributed by atoms with Crippen LogP contribution >= 0.6 is 0 Å². The zero-order valence-electron chi connectivity index (χ0n) is 10.4. The lowest BCUT2D eigenvalue weighted by molar-refractivity contribution is -0.138. The highest BCUT2D eigenvalue weighted by Gasteiger charge is 2.27. The van der Waals surface area contributed by atoms with Gasteiger partial charge in [0, 0.05) is 12.5 Å². The second kappa shape index (κ2) is 5.29. The lowest BCUT2D eigenvalue weighted by Gasteiger charge is -2.28. The number of carboxylic acids is 1. The van der Waals surface area contributed by atoms with E-state index in [-0.39, 0.29) is 5.41 Å². The van der Waals surface area contributed by atoms with Crippen molar-refractivity contribution in [1.82, 2.24) is 0 Å². The largest absolute Gasteiger partial charge is 0.480 e. The summed E-state index contributed by atoms with van der Waals surface area (Å²) in [6, 6.07) is 6.33. The Morgan fingerprint density at radius 3 is 2.59 bits per heavy atom. The maximum absolute atomic E-state index is 11.0. The molecule has 1 rings (SSSR count). The molecule has 94 valence electrons. The number of nitrogens with two attached hydrogens (primary N) is 1. The Balaban J connectivity index is 3.20. The van der Waals surface area contributed by atoms with Gasteiger partial charge in [0.2, 0.25) is 0 Å². The second-order valence-electron chi connectivity index (χ2n) is 4.72. The van der Waals surface area contributed by atoms with Gasteiger partial charge in [-0.05, 0) is 11.1 Å². The first-order valence-electron chi connectivity index (χ1n) is 5.47. The van der Waals surface area contributed by atoms with E-state index in [1.54, 1.807) is 19.2 Å². The van der Waals surface area contributed by atoms with Crippen LogP contribution in [0.2, 0.25) is 0 Å². The third kappa shape index (κ3) is 3.05. The first kappa shape index (κ1) is 13.7. The predicted octanol–water partition coefficient (Wildman–Crippen LogP) is 1.70. The van der Waals surface area contributed by atoms with E-state index in [9.17, 15) is 4.79 Å². The van der Waals surface area contributed by atoms with Crippen LogP contribution in [-0.4, -0.2) is 24.8 Å². The molecule has 3 N–H and O–H groups in total. The number of hydrogen-bond donors (Lipinski definition) is 2. The van der Waals surface area contributed by atoms with Crippen molar-refractivity contribution < 1.29 is 14.6 Å². The lowest BCUT2D eigenvalue weighted by Crippen LogP contribution is -2.29. The average molecular weight is 237 g/mol. The van der Waals surface area contributed by atoms with Gasteiger partial charge in [-0.2, -0.15) is 0 Å². The molecule has 0 aliphatic heterocycles. The summed E-state index contributed by atoms with van der Waals surface area (Å²) < 4.78 is 5.17. The van der Waals surface area contributed by atoms with Crippen molar-refractivity contribution in [2.45, 2.75) is 25.3 Å². The molecule has 0 heterocycles. The van der Waals surface area contributed by atoms with Gasteiger partial charge in [0.15, 0.2) is 0 Å². The number of carbonyl (C=O) groups is 1. The molecule has 0 bridgehead atoms. The Labute approximate surface area is 101 Å². The summed E-state index contributed by atoms with van der Waals surface area (Å²) in [6.45, 7) is 4.52. The normalized spacial score (nSPS) is 13.4.